The standard InChI is InChI=1S/C14H12ClNO3S2/c1-19-14(18)12-8-5-7-20-9(8)4-6-16(12)13(17)10-2-3-11(15)21-10/h2-3,5,7,12H,4,6H2,1H3/t12-/m1/s1. The Labute approximate surface area is 134 Å². The van der Waals surface area contributed by atoms with Crippen molar-refractivity contribution >= 4 is 46.2 Å². The zero-order valence-corrected chi connectivity index (χ0v) is 13.6. The molecule has 4 nitrogen and oxygen atoms in total. The van der Waals surface area contributed by atoms with Crippen LogP contribution in [0.5, 0.6) is 0 Å². The van der Waals surface area contributed by atoms with Gasteiger partial charge in [-0.05, 0) is 35.6 Å². The molecule has 1 aliphatic heterocycles. The lowest BCUT2D eigenvalue weighted by molar-refractivity contribution is -0.146. The molecule has 1 amide bonds. The van der Waals surface area contributed by atoms with Crippen LogP contribution >= 0.6 is 34.3 Å². The van der Waals surface area contributed by atoms with Crippen LogP contribution in [0.4, 0.5) is 0 Å². The average molecular weight is 342 g/mol. The van der Waals surface area contributed by atoms with Crippen LogP contribution < -0.4 is 0 Å². The first kappa shape index (κ1) is 14.6. The molecule has 3 heterocycles. The molecule has 110 valence electrons. The number of nitrogens with zero attached hydrogens (tertiary/aromatic N) is 1. The van der Waals surface area contributed by atoms with E-state index in [-0.39, 0.29) is 5.91 Å². The molecule has 7 heteroatoms. The van der Waals surface area contributed by atoms with Gasteiger partial charge >= 0.3 is 5.97 Å². The highest BCUT2D eigenvalue weighted by Crippen LogP contribution is 2.36. The number of carbonyl (C=O) groups is 2. The SMILES string of the molecule is COC(=O)[C@H]1c2ccsc2CCN1C(=O)c1ccc(Cl)s1. The fourth-order valence-corrected chi connectivity index (χ4v) is 4.37. The summed E-state index contributed by atoms with van der Waals surface area (Å²) in [7, 11) is 1.34. The minimum atomic E-state index is -0.668. The van der Waals surface area contributed by atoms with Crippen molar-refractivity contribution in [2.75, 3.05) is 13.7 Å². The third-order valence-electron chi connectivity index (χ3n) is 3.44. The summed E-state index contributed by atoms with van der Waals surface area (Å²) < 4.78 is 5.44. The minimum Gasteiger partial charge on any atom is -0.467 e. The summed E-state index contributed by atoms with van der Waals surface area (Å²) in [6.07, 6.45) is 0.755. The molecule has 21 heavy (non-hydrogen) atoms. The van der Waals surface area contributed by atoms with Crippen LogP contribution in [-0.4, -0.2) is 30.4 Å². The van der Waals surface area contributed by atoms with Gasteiger partial charge in [-0.1, -0.05) is 11.6 Å². The summed E-state index contributed by atoms with van der Waals surface area (Å²) in [5, 5.41) is 1.94. The molecule has 3 rings (SSSR count). The first-order valence-electron chi connectivity index (χ1n) is 6.32. The van der Waals surface area contributed by atoms with Gasteiger partial charge in [0.05, 0.1) is 16.3 Å². The van der Waals surface area contributed by atoms with E-state index in [0.29, 0.717) is 15.8 Å². The number of halogens is 1. The van der Waals surface area contributed by atoms with E-state index in [2.05, 4.69) is 0 Å². The van der Waals surface area contributed by atoms with E-state index in [0.717, 1.165) is 16.9 Å². The molecule has 0 aromatic carbocycles. The van der Waals surface area contributed by atoms with E-state index in [4.69, 9.17) is 16.3 Å². The van der Waals surface area contributed by atoms with E-state index in [1.165, 1.54) is 18.4 Å². The Hall–Kier alpha value is -1.37. The molecule has 0 aliphatic carbocycles. The predicted octanol–water partition coefficient (Wildman–Crippen LogP) is 3.38. The smallest absolute Gasteiger partial charge is 0.333 e. The third kappa shape index (κ3) is 2.59. The van der Waals surface area contributed by atoms with Crippen LogP contribution in [0, 0.1) is 0 Å². The van der Waals surface area contributed by atoms with Gasteiger partial charge in [-0.15, -0.1) is 22.7 Å². The van der Waals surface area contributed by atoms with Crippen LogP contribution in [0.2, 0.25) is 4.34 Å². The Morgan fingerprint density at radius 3 is 2.86 bits per heavy atom. The number of carbonyl (C=O) groups excluding carboxylic acids is 2. The number of ether oxygens (including phenoxy) is 1. The zero-order valence-electron chi connectivity index (χ0n) is 11.2. The minimum absolute atomic E-state index is 0.181. The van der Waals surface area contributed by atoms with Crippen molar-refractivity contribution in [1.29, 1.82) is 0 Å². The molecule has 2 aromatic rings. The number of esters is 1. The Morgan fingerprint density at radius 1 is 1.38 bits per heavy atom. The van der Waals surface area contributed by atoms with Crippen molar-refractivity contribution < 1.29 is 14.3 Å². The highest BCUT2D eigenvalue weighted by Gasteiger charge is 2.38. The lowest BCUT2D eigenvalue weighted by Gasteiger charge is -2.33. The highest BCUT2D eigenvalue weighted by atomic mass is 35.5. The Morgan fingerprint density at radius 2 is 2.19 bits per heavy atom. The summed E-state index contributed by atoms with van der Waals surface area (Å²) in [6.45, 7) is 0.502. The second kappa shape index (κ2) is 5.79. The molecule has 0 unspecified atom stereocenters. The number of rotatable bonds is 2. The number of fused-ring (bicyclic) bond motifs is 1. The fourth-order valence-electron chi connectivity index (χ4n) is 2.47. The van der Waals surface area contributed by atoms with E-state index in [9.17, 15) is 9.59 Å². The van der Waals surface area contributed by atoms with E-state index >= 15 is 0 Å². The molecular formula is C14H12ClNO3S2. The number of hydrogen-bond acceptors (Lipinski definition) is 5. The number of hydrogen-bond donors (Lipinski definition) is 0. The van der Waals surface area contributed by atoms with Crippen molar-refractivity contribution in [2.24, 2.45) is 0 Å². The van der Waals surface area contributed by atoms with Crippen LogP contribution in [0.15, 0.2) is 23.6 Å². The van der Waals surface area contributed by atoms with Gasteiger partial charge in [0.1, 0.15) is 0 Å². The third-order valence-corrected chi connectivity index (χ3v) is 5.65. The number of methoxy groups -OCH3 is 1. The zero-order chi connectivity index (χ0) is 15.0. The first-order chi connectivity index (χ1) is 10.1. The van der Waals surface area contributed by atoms with Crippen molar-refractivity contribution in [3.05, 3.63) is 43.2 Å². The molecule has 0 N–H and O–H groups in total. The highest BCUT2D eigenvalue weighted by molar-refractivity contribution is 7.18. The number of thiophene rings is 2. The van der Waals surface area contributed by atoms with Crippen LogP contribution in [0.25, 0.3) is 0 Å². The second-order valence-electron chi connectivity index (χ2n) is 4.58. The van der Waals surface area contributed by atoms with Gasteiger partial charge in [0.2, 0.25) is 0 Å². The summed E-state index contributed by atoms with van der Waals surface area (Å²) in [4.78, 5) is 28.0. The number of amides is 1. The van der Waals surface area contributed by atoms with Crippen molar-refractivity contribution in [2.45, 2.75) is 12.5 Å². The fraction of sp³-hybridized carbons (Fsp3) is 0.286. The van der Waals surface area contributed by atoms with Gasteiger partial charge in [-0.3, -0.25) is 4.79 Å². The van der Waals surface area contributed by atoms with Crippen LogP contribution in [0.3, 0.4) is 0 Å². The quantitative estimate of drug-likeness (QED) is 0.787. The van der Waals surface area contributed by atoms with Crippen LogP contribution in [-0.2, 0) is 16.0 Å². The van der Waals surface area contributed by atoms with E-state index in [1.54, 1.807) is 28.4 Å². The Balaban J connectivity index is 1.97. The Bertz CT molecular complexity index is 694. The average Bonchev–Trinajstić information content (AvgIpc) is 3.13. The summed E-state index contributed by atoms with van der Waals surface area (Å²) in [5.74, 6) is -0.593. The molecule has 1 aliphatic rings. The summed E-state index contributed by atoms with van der Waals surface area (Å²) in [5.41, 5.74) is 0.870. The van der Waals surface area contributed by atoms with Crippen molar-refractivity contribution in [1.82, 2.24) is 4.90 Å². The molecule has 0 saturated heterocycles. The van der Waals surface area contributed by atoms with Gasteiger partial charge in [0.25, 0.3) is 5.91 Å². The maximum absolute atomic E-state index is 12.6. The molecular weight excluding hydrogens is 330 g/mol. The van der Waals surface area contributed by atoms with Crippen LogP contribution in [0.1, 0.15) is 26.2 Å². The first-order valence-corrected chi connectivity index (χ1v) is 8.39. The largest absolute Gasteiger partial charge is 0.467 e. The monoisotopic (exact) mass is 341 g/mol. The topological polar surface area (TPSA) is 46.6 Å². The van der Waals surface area contributed by atoms with Crippen molar-refractivity contribution in [3.8, 4) is 0 Å². The molecule has 1 atom stereocenters. The van der Waals surface area contributed by atoms with Gasteiger partial charge < -0.3 is 9.64 Å². The van der Waals surface area contributed by atoms with Gasteiger partial charge in [0, 0.05) is 11.4 Å². The summed E-state index contributed by atoms with van der Waals surface area (Å²) >= 11 is 8.72. The van der Waals surface area contributed by atoms with Gasteiger partial charge in [-0.25, -0.2) is 4.79 Å². The van der Waals surface area contributed by atoms with Crippen molar-refractivity contribution in [3.63, 3.8) is 0 Å². The molecule has 0 saturated carbocycles. The molecule has 0 bridgehead atoms. The van der Waals surface area contributed by atoms with Gasteiger partial charge in [0.15, 0.2) is 6.04 Å². The molecule has 0 fully saturated rings. The van der Waals surface area contributed by atoms with E-state index < -0.39 is 12.0 Å². The maximum Gasteiger partial charge on any atom is 0.333 e. The molecule has 0 spiro atoms. The predicted molar refractivity (Wildman–Crippen MR) is 83.1 cm³/mol. The normalized spacial score (nSPS) is 17.4. The van der Waals surface area contributed by atoms with Gasteiger partial charge in [-0.2, -0.15) is 0 Å². The lowest BCUT2D eigenvalue weighted by atomic mass is 9.99. The molecule has 0 radical (unpaired) electrons. The Kier molecular flexibility index (Phi) is 4.01. The van der Waals surface area contributed by atoms with E-state index in [1.807, 2.05) is 11.4 Å². The lowest BCUT2D eigenvalue weighted by Crippen LogP contribution is -2.43. The summed E-state index contributed by atoms with van der Waals surface area (Å²) in [6, 6.07) is 4.60. The maximum atomic E-state index is 12.6. The second-order valence-corrected chi connectivity index (χ2v) is 7.29. The molecule has 2 aromatic heterocycles.